The van der Waals surface area contributed by atoms with E-state index in [1.165, 1.54) is 30.1 Å². The van der Waals surface area contributed by atoms with E-state index in [4.69, 9.17) is 23.6 Å². The van der Waals surface area contributed by atoms with Gasteiger partial charge in [-0.15, -0.1) is 0 Å². The van der Waals surface area contributed by atoms with Gasteiger partial charge in [0.05, 0.1) is 45.2 Å². The molecule has 0 radical (unpaired) electrons. The van der Waals surface area contributed by atoms with Crippen molar-refractivity contribution >= 4 is 56.4 Å². The van der Waals surface area contributed by atoms with E-state index >= 15 is 0 Å². The number of nitro benzene ring substituents is 1. The molecule has 0 aliphatic heterocycles. The van der Waals surface area contributed by atoms with Crippen LogP contribution in [0.25, 0.3) is 33.5 Å². The molecular weight excluding hydrogens is 679 g/mol. The van der Waals surface area contributed by atoms with Crippen LogP contribution in [0.1, 0.15) is 11.1 Å². The Hall–Kier alpha value is -5.24. The Morgan fingerprint density at radius 1 is 0.977 bits per heavy atom. The molecule has 0 aliphatic carbocycles. The average molecular weight is 702 g/mol. The highest BCUT2D eigenvalue weighted by molar-refractivity contribution is 14.1. The number of furan rings is 1. The number of halogens is 1. The highest BCUT2D eigenvalue weighted by Crippen LogP contribution is 2.35. The van der Waals surface area contributed by atoms with Crippen LogP contribution in [0.15, 0.2) is 99.2 Å². The van der Waals surface area contributed by atoms with E-state index in [1.54, 1.807) is 49.6 Å². The van der Waals surface area contributed by atoms with Gasteiger partial charge in [0.2, 0.25) is 5.82 Å². The molecule has 0 unspecified atom stereocenters. The van der Waals surface area contributed by atoms with Gasteiger partial charge in [0, 0.05) is 12.1 Å². The second-order valence-electron chi connectivity index (χ2n) is 9.54. The van der Waals surface area contributed by atoms with E-state index in [0.29, 0.717) is 45.1 Å². The lowest BCUT2D eigenvalue weighted by atomic mass is 10.2. The summed E-state index contributed by atoms with van der Waals surface area (Å²) < 4.78 is 25.1. The number of ether oxygens (including phenoxy) is 3. The molecule has 0 atom stereocenters. The average Bonchev–Trinajstić information content (AvgIpc) is 3.48. The predicted molar refractivity (Wildman–Crippen MR) is 174 cm³/mol. The number of hydrogen-bond acceptors (Lipinski definition) is 9. The first-order valence-electron chi connectivity index (χ1n) is 13.2. The van der Waals surface area contributed by atoms with Crippen molar-refractivity contribution in [3.63, 3.8) is 0 Å². The Kier molecular flexibility index (Phi) is 7.98. The standard InChI is InChI=1S/C32H23IN4O7/c1-41-26-8-5-9-27-23(26)16-29(44-27)31-35-25-7-4-3-6-22(25)32(38)36(31)34-17-20-14-24(33)30(28(15-20)42-2)43-18-19-10-12-21(13-11-19)37(39)40/h3-17H,18H2,1-2H3. The van der Waals surface area contributed by atoms with Crippen molar-refractivity contribution in [3.05, 3.63) is 120 Å². The number of aromatic nitrogens is 2. The Morgan fingerprint density at radius 2 is 1.75 bits per heavy atom. The van der Waals surface area contributed by atoms with Gasteiger partial charge in [-0.05, 0) is 88.3 Å². The quantitative estimate of drug-likeness (QED) is 0.0696. The van der Waals surface area contributed by atoms with Crippen LogP contribution in [0, 0.1) is 13.7 Å². The number of non-ortho nitro benzene ring substituents is 1. The second kappa shape index (κ2) is 12.2. The van der Waals surface area contributed by atoms with Crippen molar-refractivity contribution in [1.82, 2.24) is 9.66 Å². The van der Waals surface area contributed by atoms with Crippen LogP contribution in [0.5, 0.6) is 17.2 Å². The fourth-order valence-electron chi connectivity index (χ4n) is 4.66. The number of methoxy groups -OCH3 is 2. The molecule has 2 heterocycles. The number of para-hydroxylation sites is 1. The molecule has 0 aliphatic rings. The maximum Gasteiger partial charge on any atom is 0.282 e. The highest BCUT2D eigenvalue weighted by atomic mass is 127. The fourth-order valence-corrected chi connectivity index (χ4v) is 5.44. The minimum atomic E-state index is -0.449. The van der Waals surface area contributed by atoms with Gasteiger partial charge < -0.3 is 18.6 Å². The zero-order valence-electron chi connectivity index (χ0n) is 23.4. The Labute approximate surface area is 263 Å². The molecule has 220 valence electrons. The van der Waals surface area contributed by atoms with Gasteiger partial charge in [-0.3, -0.25) is 14.9 Å². The van der Waals surface area contributed by atoms with Gasteiger partial charge in [0.25, 0.3) is 11.2 Å². The molecule has 0 fully saturated rings. The monoisotopic (exact) mass is 702 g/mol. The van der Waals surface area contributed by atoms with E-state index in [2.05, 4.69) is 27.7 Å². The lowest BCUT2D eigenvalue weighted by Crippen LogP contribution is -2.20. The van der Waals surface area contributed by atoms with Gasteiger partial charge in [-0.25, -0.2) is 4.98 Å². The summed E-state index contributed by atoms with van der Waals surface area (Å²) in [4.78, 5) is 28.9. The molecule has 44 heavy (non-hydrogen) atoms. The van der Waals surface area contributed by atoms with Crippen LogP contribution in [0.2, 0.25) is 0 Å². The van der Waals surface area contributed by atoms with Crippen LogP contribution in [0.3, 0.4) is 0 Å². The fraction of sp³-hybridized carbons (Fsp3) is 0.0938. The number of fused-ring (bicyclic) bond motifs is 2. The second-order valence-corrected chi connectivity index (χ2v) is 10.7. The number of nitro groups is 1. The zero-order chi connectivity index (χ0) is 30.8. The van der Waals surface area contributed by atoms with E-state index < -0.39 is 4.92 Å². The third-order valence-corrected chi connectivity index (χ3v) is 7.62. The molecule has 11 nitrogen and oxygen atoms in total. The maximum absolute atomic E-state index is 13.7. The maximum atomic E-state index is 13.7. The first-order valence-corrected chi connectivity index (χ1v) is 14.3. The Balaban J connectivity index is 1.37. The highest BCUT2D eigenvalue weighted by Gasteiger charge is 2.18. The zero-order valence-corrected chi connectivity index (χ0v) is 25.5. The van der Waals surface area contributed by atoms with E-state index in [9.17, 15) is 14.9 Å². The first-order chi connectivity index (χ1) is 21.4. The Bertz CT molecular complexity index is 2120. The van der Waals surface area contributed by atoms with Crippen LogP contribution in [0.4, 0.5) is 5.69 Å². The summed E-state index contributed by atoms with van der Waals surface area (Å²) in [5.74, 6) is 2.17. The minimum absolute atomic E-state index is 0.00785. The normalized spacial score (nSPS) is 11.3. The summed E-state index contributed by atoms with van der Waals surface area (Å²) in [5.41, 5.74) is 2.15. The molecule has 0 amide bonds. The molecule has 0 spiro atoms. The van der Waals surface area contributed by atoms with Gasteiger partial charge in [0.1, 0.15) is 17.9 Å². The Morgan fingerprint density at radius 3 is 2.50 bits per heavy atom. The van der Waals surface area contributed by atoms with Crippen molar-refractivity contribution in [2.45, 2.75) is 6.61 Å². The number of benzene rings is 4. The van der Waals surface area contributed by atoms with Crippen LogP contribution >= 0.6 is 22.6 Å². The van der Waals surface area contributed by atoms with E-state index in [-0.39, 0.29) is 23.7 Å². The number of nitrogens with zero attached hydrogens (tertiary/aromatic N) is 4. The molecule has 4 aromatic carbocycles. The van der Waals surface area contributed by atoms with Crippen molar-refractivity contribution in [3.8, 4) is 28.8 Å². The molecule has 2 aromatic heterocycles. The minimum Gasteiger partial charge on any atom is -0.496 e. The summed E-state index contributed by atoms with van der Waals surface area (Å²) in [7, 11) is 3.11. The van der Waals surface area contributed by atoms with E-state index in [0.717, 1.165) is 14.5 Å². The van der Waals surface area contributed by atoms with Gasteiger partial charge >= 0.3 is 0 Å². The molecule has 0 bridgehead atoms. The van der Waals surface area contributed by atoms with Crippen molar-refractivity contribution in [2.24, 2.45) is 5.10 Å². The molecule has 0 saturated heterocycles. The van der Waals surface area contributed by atoms with E-state index in [1.807, 2.05) is 30.3 Å². The predicted octanol–water partition coefficient (Wildman–Crippen LogP) is 6.80. The summed E-state index contributed by atoms with van der Waals surface area (Å²) >= 11 is 2.13. The smallest absolute Gasteiger partial charge is 0.282 e. The molecule has 12 heteroatoms. The molecule has 6 rings (SSSR count). The third-order valence-electron chi connectivity index (χ3n) is 6.82. The van der Waals surface area contributed by atoms with Crippen molar-refractivity contribution < 1.29 is 23.6 Å². The number of hydrogen-bond donors (Lipinski definition) is 0. The number of rotatable bonds is 9. The lowest BCUT2D eigenvalue weighted by Gasteiger charge is -2.14. The lowest BCUT2D eigenvalue weighted by molar-refractivity contribution is -0.384. The molecule has 6 aromatic rings. The molecular formula is C32H23IN4O7. The summed E-state index contributed by atoms with van der Waals surface area (Å²) in [5, 5.41) is 16.6. The van der Waals surface area contributed by atoms with Crippen LogP contribution < -0.4 is 19.8 Å². The van der Waals surface area contributed by atoms with Crippen LogP contribution in [-0.2, 0) is 6.61 Å². The molecule has 0 saturated carbocycles. The summed E-state index contributed by atoms with van der Waals surface area (Å²) in [6.45, 7) is 0.182. The summed E-state index contributed by atoms with van der Waals surface area (Å²) in [6.07, 6.45) is 1.54. The topological polar surface area (TPSA) is 131 Å². The van der Waals surface area contributed by atoms with Crippen molar-refractivity contribution in [2.75, 3.05) is 14.2 Å². The largest absolute Gasteiger partial charge is 0.496 e. The van der Waals surface area contributed by atoms with Crippen molar-refractivity contribution in [1.29, 1.82) is 0 Å². The molecule has 0 N–H and O–H groups in total. The third kappa shape index (κ3) is 5.58. The first kappa shape index (κ1) is 28.9. The van der Waals surface area contributed by atoms with Gasteiger partial charge in [-0.1, -0.05) is 18.2 Å². The van der Waals surface area contributed by atoms with Crippen LogP contribution in [-0.4, -0.2) is 35.0 Å². The SMILES string of the molecule is COc1cc(C=Nn2c(-c3cc4c(OC)cccc4o3)nc3ccccc3c2=O)cc(I)c1OCc1ccc([N+](=O)[O-])cc1. The van der Waals surface area contributed by atoms with Gasteiger partial charge in [0.15, 0.2) is 17.3 Å². The summed E-state index contributed by atoms with van der Waals surface area (Å²) in [6, 6.07) is 24.0. The van der Waals surface area contributed by atoms with Gasteiger partial charge in [-0.2, -0.15) is 9.78 Å².